The van der Waals surface area contributed by atoms with E-state index in [4.69, 9.17) is 0 Å². The first-order chi connectivity index (χ1) is 13.1. The molecule has 1 saturated heterocycles. The number of nitrogens with zero attached hydrogens (tertiary/aromatic N) is 3. The number of aromatic nitrogens is 2. The summed E-state index contributed by atoms with van der Waals surface area (Å²) in [5.74, 6) is 1.59. The summed E-state index contributed by atoms with van der Waals surface area (Å²) in [7, 11) is -3.44. The van der Waals surface area contributed by atoms with Crippen LogP contribution in [0.2, 0.25) is 0 Å². The zero-order valence-electron chi connectivity index (χ0n) is 15.6. The van der Waals surface area contributed by atoms with E-state index in [-0.39, 0.29) is 0 Å². The Labute approximate surface area is 160 Å². The third kappa shape index (κ3) is 3.64. The van der Waals surface area contributed by atoms with Gasteiger partial charge in [-0.2, -0.15) is 4.31 Å². The van der Waals surface area contributed by atoms with Crippen LogP contribution in [0.3, 0.4) is 0 Å². The van der Waals surface area contributed by atoms with Crippen molar-refractivity contribution in [2.24, 2.45) is 5.92 Å². The molecule has 1 aliphatic heterocycles. The van der Waals surface area contributed by atoms with Gasteiger partial charge in [0.2, 0.25) is 10.0 Å². The maximum Gasteiger partial charge on any atom is 0.243 e. The summed E-state index contributed by atoms with van der Waals surface area (Å²) in [6.07, 6.45) is 6.56. The fourth-order valence-electron chi connectivity index (χ4n) is 3.91. The molecule has 6 heteroatoms. The smallest absolute Gasteiger partial charge is 0.243 e. The lowest BCUT2D eigenvalue weighted by molar-refractivity contribution is 0.251. The van der Waals surface area contributed by atoms with Gasteiger partial charge in [-0.05, 0) is 41.7 Å². The highest BCUT2D eigenvalue weighted by atomic mass is 32.2. The molecule has 0 aliphatic carbocycles. The Balaban J connectivity index is 1.46. The van der Waals surface area contributed by atoms with Crippen LogP contribution in [0.15, 0.2) is 59.8 Å². The van der Waals surface area contributed by atoms with Gasteiger partial charge in [0.05, 0.1) is 4.90 Å². The van der Waals surface area contributed by atoms with Gasteiger partial charge >= 0.3 is 0 Å². The standard InChI is InChI=1S/C21H25N3O2S/c1-2-21-22-11-14-23(21)16-17-9-12-24(13-10-17)27(25,26)20-8-7-18-5-3-4-6-19(18)15-20/h3-8,11,14-15,17H,2,9-10,12-13,16H2,1H3. The molecule has 1 aromatic heterocycles. The van der Waals surface area contributed by atoms with Crippen molar-refractivity contribution in [3.8, 4) is 0 Å². The fraction of sp³-hybridized carbons (Fsp3) is 0.381. The monoisotopic (exact) mass is 383 g/mol. The van der Waals surface area contributed by atoms with Crippen LogP contribution in [-0.2, 0) is 23.0 Å². The number of rotatable bonds is 5. The Bertz CT molecular complexity index is 1030. The topological polar surface area (TPSA) is 55.2 Å². The normalized spacial score (nSPS) is 16.8. The van der Waals surface area contributed by atoms with E-state index in [0.29, 0.717) is 23.9 Å². The van der Waals surface area contributed by atoms with E-state index in [0.717, 1.165) is 42.4 Å². The van der Waals surface area contributed by atoms with Crippen molar-refractivity contribution in [1.29, 1.82) is 0 Å². The highest BCUT2D eigenvalue weighted by molar-refractivity contribution is 7.89. The van der Waals surface area contributed by atoms with Crippen molar-refractivity contribution in [3.05, 3.63) is 60.7 Å². The quantitative estimate of drug-likeness (QED) is 0.675. The van der Waals surface area contributed by atoms with Crippen molar-refractivity contribution in [3.63, 3.8) is 0 Å². The summed E-state index contributed by atoms with van der Waals surface area (Å²) in [5, 5.41) is 2.02. The predicted octanol–water partition coefficient (Wildman–Crippen LogP) is 3.70. The number of benzene rings is 2. The Hall–Kier alpha value is -2.18. The molecule has 0 bridgehead atoms. The Morgan fingerprint density at radius 3 is 2.56 bits per heavy atom. The molecule has 0 atom stereocenters. The van der Waals surface area contributed by atoms with Gasteiger partial charge in [0, 0.05) is 38.4 Å². The van der Waals surface area contributed by atoms with Gasteiger partial charge in [-0.25, -0.2) is 13.4 Å². The molecule has 27 heavy (non-hydrogen) atoms. The number of aryl methyl sites for hydroxylation is 1. The van der Waals surface area contributed by atoms with E-state index in [1.54, 1.807) is 16.4 Å². The van der Waals surface area contributed by atoms with Crippen LogP contribution in [-0.4, -0.2) is 35.4 Å². The average Bonchev–Trinajstić information content (AvgIpc) is 3.15. The summed E-state index contributed by atoms with van der Waals surface area (Å²) in [4.78, 5) is 4.77. The molecule has 2 heterocycles. The van der Waals surface area contributed by atoms with Gasteiger partial charge in [0.1, 0.15) is 5.82 Å². The number of imidazole rings is 1. The molecule has 3 aromatic rings. The zero-order chi connectivity index (χ0) is 18.9. The predicted molar refractivity (Wildman–Crippen MR) is 107 cm³/mol. The minimum atomic E-state index is -3.44. The van der Waals surface area contributed by atoms with Crippen molar-refractivity contribution in [1.82, 2.24) is 13.9 Å². The van der Waals surface area contributed by atoms with Gasteiger partial charge in [0.15, 0.2) is 0 Å². The Morgan fingerprint density at radius 1 is 1.07 bits per heavy atom. The highest BCUT2D eigenvalue weighted by Crippen LogP contribution is 2.27. The van der Waals surface area contributed by atoms with Crippen LogP contribution in [0, 0.1) is 5.92 Å². The van der Waals surface area contributed by atoms with Crippen LogP contribution in [0.25, 0.3) is 10.8 Å². The minimum absolute atomic E-state index is 0.391. The van der Waals surface area contributed by atoms with E-state index < -0.39 is 10.0 Å². The van der Waals surface area contributed by atoms with Gasteiger partial charge < -0.3 is 4.57 Å². The van der Waals surface area contributed by atoms with Gasteiger partial charge in [0.25, 0.3) is 0 Å². The van der Waals surface area contributed by atoms with Crippen LogP contribution in [0.1, 0.15) is 25.6 Å². The Kier molecular flexibility index (Phi) is 5.02. The number of fused-ring (bicyclic) bond motifs is 1. The summed E-state index contributed by atoms with van der Waals surface area (Å²) in [6, 6.07) is 13.3. The van der Waals surface area contributed by atoms with E-state index >= 15 is 0 Å². The maximum absolute atomic E-state index is 13.1. The van der Waals surface area contributed by atoms with Crippen LogP contribution < -0.4 is 0 Å². The van der Waals surface area contributed by atoms with E-state index in [1.807, 2.05) is 42.7 Å². The zero-order valence-corrected chi connectivity index (χ0v) is 16.4. The maximum atomic E-state index is 13.1. The largest absolute Gasteiger partial charge is 0.335 e. The summed E-state index contributed by atoms with van der Waals surface area (Å²) in [6.45, 7) is 4.19. The van der Waals surface area contributed by atoms with Crippen LogP contribution in [0.5, 0.6) is 0 Å². The highest BCUT2D eigenvalue weighted by Gasteiger charge is 2.29. The lowest BCUT2D eigenvalue weighted by atomic mass is 9.98. The van der Waals surface area contributed by atoms with Crippen molar-refractivity contribution < 1.29 is 8.42 Å². The molecule has 0 N–H and O–H groups in total. The number of sulfonamides is 1. The van der Waals surface area contributed by atoms with Crippen LogP contribution in [0.4, 0.5) is 0 Å². The second-order valence-corrected chi connectivity index (χ2v) is 9.14. The van der Waals surface area contributed by atoms with Crippen molar-refractivity contribution >= 4 is 20.8 Å². The Morgan fingerprint density at radius 2 is 1.81 bits per heavy atom. The van der Waals surface area contributed by atoms with Gasteiger partial charge in [-0.1, -0.05) is 37.3 Å². The molecule has 0 amide bonds. The third-order valence-corrected chi connectivity index (χ3v) is 7.40. The second kappa shape index (κ2) is 7.44. The first-order valence-corrected chi connectivity index (χ1v) is 11.0. The molecule has 2 aromatic carbocycles. The van der Waals surface area contributed by atoms with E-state index in [9.17, 15) is 8.42 Å². The first kappa shape index (κ1) is 18.2. The van der Waals surface area contributed by atoms with Crippen molar-refractivity contribution in [2.75, 3.05) is 13.1 Å². The lowest BCUT2D eigenvalue weighted by Crippen LogP contribution is -2.39. The SMILES string of the molecule is CCc1nccn1CC1CCN(S(=O)(=O)c2ccc3ccccc3c2)CC1. The fourth-order valence-corrected chi connectivity index (χ4v) is 5.41. The molecule has 1 fully saturated rings. The van der Waals surface area contributed by atoms with Crippen molar-refractivity contribution in [2.45, 2.75) is 37.6 Å². The summed E-state index contributed by atoms with van der Waals surface area (Å²) < 4.78 is 30.0. The average molecular weight is 384 g/mol. The van der Waals surface area contributed by atoms with Gasteiger partial charge in [-0.15, -0.1) is 0 Å². The van der Waals surface area contributed by atoms with E-state index in [1.165, 1.54) is 0 Å². The van der Waals surface area contributed by atoms with Crippen LogP contribution >= 0.6 is 0 Å². The third-order valence-electron chi connectivity index (χ3n) is 5.51. The second-order valence-electron chi connectivity index (χ2n) is 7.21. The molecule has 1 aliphatic rings. The number of hydrogen-bond donors (Lipinski definition) is 0. The summed E-state index contributed by atoms with van der Waals surface area (Å²) in [5.41, 5.74) is 0. The molecule has 0 unspecified atom stereocenters. The number of piperidine rings is 1. The molecule has 0 radical (unpaired) electrons. The van der Waals surface area contributed by atoms with Gasteiger partial charge in [-0.3, -0.25) is 0 Å². The summed E-state index contributed by atoms with van der Waals surface area (Å²) >= 11 is 0. The molecular formula is C21H25N3O2S. The minimum Gasteiger partial charge on any atom is -0.335 e. The first-order valence-electron chi connectivity index (χ1n) is 9.57. The molecular weight excluding hydrogens is 358 g/mol. The molecule has 5 nitrogen and oxygen atoms in total. The molecule has 0 saturated carbocycles. The number of hydrogen-bond acceptors (Lipinski definition) is 3. The molecule has 4 rings (SSSR count). The molecule has 142 valence electrons. The van der Waals surface area contributed by atoms with E-state index in [2.05, 4.69) is 16.5 Å². The lowest BCUT2D eigenvalue weighted by Gasteiger charge is -2.31. The molecule has 0 spiro atoms.